The number of rotatable bonds is 4. The zero-order valence-corrected chi connectivity index (χ0v) is 15.1. The van der Waals surface area contributed by atoms with Gasteiger partial charge in [0.1, 0.15) is 5.69 Å². The Morgan fingerprint density at radius 1 is 1.15 bits per heavy atom. The quantitative estimate of drug-likeness (QED) is 0.869. The first-order chi connectivity index (χ1) is 13.2. The highest BCUT2D eigenvalue weighted by atomic mass is 16.2. The van der Waals surface area contributed by atoms with Gasteiger partial charge in [0, 0.05) is 44.8 Å². The van der Waals surface area contributed by atoms with Crippen LogP contribution in [0.2, 0.25) is 0 Å². The first-order valence-corrected chi connectivity index (χ1v) is 9.33. The van der Waals surface area contributed by atoms with Gasteiger partial charge in [-0.15, -0.1) is 0 Å². The van der Waals surface area contributed by atoms with Crippen molar-refractivity contribution in [3.8, 4) is 0 Å². The molecule has 2 aromatic rings. The first-order valence-electron chi connectivity index (χ1n) is 9.33. The maximum Gasteiger partial charge on any atom is 0.320 e. The molecule has 0 spiro atoms. The van der Waals surface area contributed by atoms with E-state index in [0.29, 0.717) is 31.7 Å². The van der Waals surface area contributed by atoms with Gasteiger partial charge < -0.3 is 15.1 Å². The summed E-state index contributed by atoms with van der Waals surface area (Å²) >= 11 is 0. The van der Waals surface area contributed by atoms with Crippen LogP contribution in [0.25, 0.3) is 0 Å². The minimum Gasteiger partial charge on any atom is -0.351 e. The molecule has 4 rings (SSSR count). The molecule has 9 nitrogen and oxygen atoms in total. The number of carbonyl (C=O) groups excluding carboxylic acids is 2. The Morgan fingerprint density at radius 2 is 2.00 bits per heavy atom. The van der Waals surface area contributed by atoms with Crippen LogP contribution in [0.1, 0.15) is 41.5 Å². The largest absolute Gasteiger partial charge is 0.351 e. The van der Waals surface area contributed by atoms with Gasteiger partial charge in [-0.25, -0.2) is 9.78 Å². The van der Waals surface area contributed by atoms with Gasteiger partial charge in [0.15, 0.2) is 0 Å². The highest BCUT2D eigenvalue weighted by Crippen LogP contribution is 2.24. The van der Waals surface area contributed by atoms with Crippen LogP contribution in [-0.2, 0) is 6.54 Å². The zero-order valence-electron chi connectivity index (χ0n) is 15.1. The molecule has 27 heavy (non-hydrogen) atoms. The van der Waals surface area contributed by atoms with Crippen molar-refractivity contribution in [2.75, 3.05) is 26.2 Å². The molecule has 4 heterocycles. The Hall–Kier alpha value is -2.97. The number of fused-ring (bicyclic) bond motifs is 1. The fourth-order valence-corrected chi connectivity index (χ4v) is 3.71. The van der Waals surface area contributed by atoms with E-state index < -0.39 is 0 Å². The molecule has 1 unspecified atom stereocenters. The number of nitrogens with one attached hydrogen (secondary N) is 1. The highest BCUT2D eigenvalue weighted by molar-refractivity contribution is 5.91. The normalized spacial score (nSPS) is 19.0. The van der Waals surface area contributed by atoms with Gasteiger partial charge in [-0.2, -0.15) is 5.10 Å². The van der Waals surface area contributed by atoms with Crippen LogP contribution >= 0.6 is 0 Å². The minimum atomic E-state index is -0.246. The number of carbonyl (C=O) groups is 2. The van der Waals surface area contributed by atoms with Crippen molar-refractivity contribution >= 4 is 11.9 Å². The van der Waals surface area contributed by atoms with Crippen molar-refractivity contribution in [1.29, 1.82) is 0 Å². The fourth-order valence-electron chi connectivity index (χ4n) is 3.71. The van der Waals surface area contributed by atoms with E-state index in [4.69, 9.17) is 0 Å². The van der Waals surface area contributed by atoms with E-state index in [2.05, 4.69) is 20.4 Å². The van der Waals surface area contributed by atoms with Crippen molar-refractivity contribution in [3.63, 3.8) is 0 Å². The molecule has 0 radical (unpaired) electrons. The van der Waals surface area contributed by atoms with E-state index in [1.807, 2.05) is 20.5 Å². The molecule has 1 N–H and O–H groups in total. The summed E-state index contributed by atoms with van der Waals surface area (Å²) in [7, 11) is 0. The summed E-state index contributed by atoms with van der Waals surface area (Å²) in [6.45, 7) is 3.34. The fraction of sp³-hybridized carbons (Fsp3) is 0.500. The molecule has 0 aliphatic carbocycles. The molecule has 0 saturated carbocycles. The predicted molar refractivity (Wildman–Crippen MR) is 96.9 cm³/mol. The van der Waals surface area contributed by atoms with Gasteiger partial charge in [0.25, 0.3) is 5.91 Å². The molecule has 3 amide bonds. The van der Waals surface area contributed by atoms with Crippen LogP contribution in [0.4, 0.5) is 4.79 Å². The highest BCUT2D eigenvalue weighted by Gasteiger charge is 2.31. The van der Waals surface area contributed by atoms with Crippen LogP contribution in [-0.4, -0.2) is 67.7 Å². The van der Waals surface area contributed by atoms with Crippen LogP contribution in [0.15, 0.2) is 30.9 Å². The van der Waals surface area contributed by atoms with Gasteiger partial charge in [0.2, 0.25) is 0 Å². The van der Waals surface area contributed by atoms with Gasteiger partial charge in [-0.05, 0) is 25.3 Å². The summed E-state index contributed by atoms with van der Waals surface area (Å²) in [5, 5.41) is 7.29. The molecule has 9 heteroatoms. The van der Waals surface area contributed by atoms with Gasteiger partial charge in [0.05, 0.1) is 24.5 Å². The Balaban J connectivity index is 1.38. The Bertz CT molecular complexity index is 801. The summed E-state index contributed by atoms with van der Waals surface area (Å²) < 4.78 is 1.97. The Labute approximate surface area is 157 Å². The van der Waals surface area contributed by atoms with Gasteiger partial charge in [-0.1, -0.05) is 0 Å². The molecule has 0 bridgehead atoms. The van der Waals surface area contributed by atoms with Crippen LogP contribution < -0.4 is 5.32 Å². The topological polar surface area (TPSA) is 96.2 Å². The monoisotopic (exact) mass is 369 g/mol. The number of likely N-dealkylation sites (tertiary alicyclic amines) is 1. The lowest BCUT2D eigenvalue weighted by Crippen LogP contribution is -2.47. The number of amides is 3. The van der Waals surface area contributed by atoms with E-state index in [0.717, 1.165) is 31.6 Å². The average molecular weight is 369 g/mol. The van der Waals surface area contributed by atoms with E-state index in [1.54, 1.807) is 6.20 Å². The van der Waals surface area contributed by atoms with Crippen molar-refractivity contribution < 1.29 is 9.59 Å². The second kappa shape index (κ2) is 7.73. The molecule has 0 aromatic carbocycles. The van der Waals surface area contributed by atoms with Crippen LogP contribution in [0.5, 0.6) is 0 Å². The maximum atomic E-state index is 12.8. The second-order valence-corrected chi connectivity index (χ2v) is 6.91. The molecule has 2 aromatic heterocycles. The summed E-state index contributed by atoms with van der Waals surface area (Å²) in [6.07, 6.45) is 9.08. The summed E-state index contributed by atoms with van der Waals surface area (Å²) in [5.74, 6) is -0.246. The lowest BCUT2D eigenvalue weighted by molar-refractivity contribution is 0.0940. The van der Waals surface area contributed by atoms with Crippen molar-refractivity contribution in [2.45, 2.75) is 31.8 Å². The van der Waals surface area contributed by atoms with Crippen molar-refractivity contribution in [1.82, 2.24) is 34.9 Å². The lowest BCUT2D eigenvalue weighted by atomic mass is 10.1. The van der Waals surface area contributed by atoms with Gasteiger partial charge in [-0.3, -0.25) is 14.5 Å². The maximum absolute atomic E-state index is 12.8. The SMILES string of the molecule is O=C(NCCC1CN(C(=O)N2CCCC2)Cc2ccnn21)c1cnccn1. The first kappa shape index (κ1) is 17.4. The van der Waals surface area contributed by atoms with Crippen molar-refractivity contribution in [2.24, 2.45) is 0 Å². The third-order valence-corrected chi connectivity index (χ3v) is 5.09. The molecule has 1 fully saturated rings. The van der Waals surface area contributed by atoms with E-state index in [9.17, 15) is 9.59 Å². The molecule has 2 aliphatic heterocycles. The number of hydrogen-bond donors (Lipinski definition) is 1. The lowest BCUT2D eigenvalue weighted by Gasteiger charge is -2.36. The standard InChI is InChI=1S/C18H23N7O2/c26-17(16-11-19-7-8-20-16)21-5-3-14-12-24(13-15-4-6-22-25(14)15)18(27)23-9-1-2-10-23/h4,6-8,11,14H,1-3,5,9-10,12-13H2,(H,21,26). The van der Waals surface area contributed by atoms with Gasteiger partial charge >= 0.3 is 6.03 Å². The van der Waals surface area contributed by atoms with Crippen molar-refractivity contribution in [3.05, 3.63) is 42.2 Å². The van der Waals surface area contributed by atoms with Crippen LogP contribution in [0.3, 0.4) is 0 Å². The van der Waals surface area contributed by atoms with E-state index >= 15 is 0 Å². The molecular formula is C18H23N7O2. The number of nitrogens with zero attached hydrogens (tertiary/aromatic N) is 6. The molecule has 2 aliphatic rings. The molecular weight excluding hydrogens is 346 g/mol. The van der Waals surface area contributed by atoms with Crippen LogP contribution in [0, 0.1) is 0 Å². The molecule has 142 valence electrons. The zero-order chi connectivity index (χ0) is 18.6. The predicted octanol–water partition coefficient (Wildman–Crippen LogP) is 1.07. The number of aromatic nitrogens is 4. The third-order valence-electron chi connectivity index (χ3n) is 5.09. The number of hydrogen-bond acceptors (Lipinski definition) is 5. The average Bonchev–Trinajstić information content (AvgIpc) is 3.39. The Kier molecular flexibility index (Phi) is 4.99. The molecule has 1 saturated heterocycles. The Morgan fingerprint density at radius 3 is 2.78 bits per heavy atom. The second-order valence-electron chi connectivity index (χ2n) is 6.91. The summed E-state index contributed by atoms with van der Waals surface area (Å²) in [4.78, 5) is 36.6. The molecule has 1 atom stereocenters. The minimum absolute atomic E-state index is 0.0393. The summed E-state index contributed by atoms with van der Waals surface area (Å²) in [6, 6.07) is 2.10. The summed E-state index contributed by atoms with van der Waals surface area (Å²) in [5.41, 5.74) is 1.32. The van der Waals surface area contributed by atoms with E-state index in [1.165, 1.54) is 18.6 Å². The van der Waals surface area contributed by atoms with E-state index in [-0.39, 0.29) is 18.0 Å². The number of urea groups is 1. The smallest absolute Gasteiger partial charge is 0.320 e. The third kappa shape index (κ3) is 3.76.